The van der Waals surface area contributed by atoms with E-state index in [2.05, 4.69) is 10.2 Å². The zero-order valence-corrected chi connectivity index (χ0v) is 15.4. The number of hydrogen-bond acceptors (Lipinski definition) is 5. The van der Waals surface area contributed by atoms with Crippen molar-refractivity contribution in [3.8, 4) is 0 Å². The summed E-state index contributed by atoms with van der Waals surface area (Å²) in [4.78, 5) is 24.6. The van der Waals surface area contributed by atoms with E-state index in [1.54, 1.807) is 17.6 Å². The zero-order chi connectivity index (χ0) is 19.0. The molecule has 8 heteroatoms. The van der Waals surface area contributed by atoms with E-state index in [1.165, 1.54) is 11.8 Å². The Kier molecular flexibility index (Phi) is 4.41. The van der Waals surface area contributed by atoms with Gasteiger partial charge in [0.25, 0.3) is 5.56 Å². The zero-order valence-electron chi connectivity index (χ0n) is 14.6. The normalized spacial score (nSPS) is 12.5. The number of rotatable bonds is 5. The van der Waals surface area contributed by atoms with Gasteiger partial charge in [-0.2, -0.15) is 0 Å². The lowest BCUT2D eigenvalue weighted by Gasteiger charge is -2.12. The van der Waals surface area contributed by atoms with Crippen LogP contribution >= 0.6 is 11.8 Å². The number of primary amides is 1. The molecule has 0 saturated carbocycles. The van der Waals surface area contributed by atoms with Gasteiger partial charge in [0.1, 0.15) is 0 Å². The molecule has 0 aliphatic rings. The van der Waals surface area contributed by atoms with E-state index < -0.39 is 11.2 Å². The summed E-state index contributed by atoms with van der Waals surface area (Å²) in [7, 11) is 0. The number of para-hydroxylation sites is 1. The molecule has 0 bridgehead atoms. The lowest BCUT2D eigenvalue weighted by Crippen LogP contribution is -2.24. The fourth-order valence-corrected chi connectivity index (χ4v) is 3.74. The first-order valence-electron chi connectivity index (χ1n) is 8.43. The van der Waals surface area contributed by atoms with Gasteiger partial charge in [-0.3, -0.25) is 18.6 Å². The number of thioether (sulfide) groups is 1. The highest BCUT2D eigenvalue weighted by molar-refractivity contribution is 8.00. The molecule has 2 aromatic heterocycles. The highest BCUT2D eigenvalue weighted by Gasteiger charge is 2.20. The molecule has 1 amide bonds. The molecule has 4 rings (SSSR count). The van der Waals surface area contributed by atoms with Crippen molar-refractivity contribution in [2.75, 3.05) is 0 Å². The van der Waals surface area contributed by atoms with Crippen LogP contribution in [0.5, 0.6) is 0 Å². The average Bonchev–Trinajstić information content (AvgIpc) is 3.09. The lowest BCUT2D eigenvalue weighted by molar-refractivity contribution is -0.117. The predicted octanol–water partition coefficient (Wildman–Crippen LogP) is 2.06. The first-order chi connectivity index (χ1) is 13.1. The number of amides is 1. The standard InChI is InChI=1S/C19H17N5O2S/c1-12(16(20)25)27-19-22-21-18-23(11-13-7-3-2-4-8-13)17(26)14-9-5-6-10-15(14)24(18)19/h2-10,12H,11H2,1H3,(H2,20,25)/t12-/m0/s1. The van der Waals surface area contributed by atoms with Gasteiger partial charge in [-0.1, -0.05) is 54.2 Å². The van der Waals surface area contributed by atoms with Crippen LogP contribution in [-0.4, -0.2) is 30.3 Å². The van der Waals surface area contributed by atoms with E-state index in [-0.39, 0.29) is 5.56 Å². The number of hydrogen-bond donors (Lipinski definition) is 1. The Morgan fingerprint density at radius 2 is 1.81 bits per heavy atom. The highest BCUT2D eigenvalue weighted by Crippen LogP contribution is 2.25. The molecule has 0 radical (unpaired) electrons. The number of aromatic nitrogens is 4. The molecule has 136 valence electrons. The number of fused-ring (bicyclic) bond motifs is 3. The van der Waals surface area contributed by atoms with Crippen LogP contribution < -0.4 is 11.3 Å². The predicted molar refractivity (Wildman–Crippen MR) is 105 cm³/mol. The van der Waals surface area contributed by atoms with Gasteiger partial charge in [0.2, 0.25) is 11.7 Å². The fourth-order valence-electron chi connectivity index (χ4n) is 2.93. The molecule has 27 heavy (non-hydrogen) atoms. The van der Waals surface area contributed by atoms with Crippen LogP contribution in [0.4, 0.5) is 0 Å². The van der Waals surface area contributed by atoms with Gasteiger partial charge in [0.15, 0.2) is 5.16 Å². The minimum atomic E-state index is -0.467. The van der Waals surface area contributed by atoms with Gasteiger partial charge in [-0.05, 0) is 24.6 Å². The molecular weight excluding hydrogens is 362 g/mol. The van der Waals surface area contributed by atoms with E-state index in [4.69, 9.17) is 5.73 Å². The molecule has 0 fully saturated rings. The van der Waals surface area contributed by atoms with Crippen molar-refractivity contribution in [2.45, 2.75) is 23.9 Å². The topological polar surface area (TPSA) is 95.3 Å². The third-order valence-electron chi connectivity index (χ3n) is 4.34. The summed E-state index contributed by atoms with van der Waals surface area (Å²) in [5.41, 5.74) is 6.95. The Hall–Kier alpha value is -3.13. The molecule has 7 nitrogen and oxygen atoms in total. The lowest BCUT2D eigenvalue weighted by atomic mass is 10.2. The van der Waals surface area contributed by atoms with E-state index in [1.807, 2.05) is 52.9 Å². The SMILES string of the molecule is C[C@H](Sc1nnc2n(Cc3ccccc3)c(=O)c3ccccc3n12)C(N)=O. The van der Waals surface area contributed by atoms with Crippen molar-refractivity contribution in [3.63, 3.8) is 0 Å². The van der Waals surface area contributed by atoms with Crippen LogP contribution in [0.15, 0.2) is 64.5 Å². The first kappa shape index (κ1) is 17.3. The van der Waals surface area contributed by atoms with E-state index >= 15 is 0 Å². The first-order valence-corrected chi connectivity index (χ1v) is 9.31. The van der Waals surface area contributed by atoms with Gasteiger partial charge in [0, 0.05) is 0 Å². The Bertz CT molecular complexity index is 1200. The molecule has 2 N–H and O–H groups in total. The van der Waals surface area contributed by atoms with Crippen molar-refractivity contribution in [3.05, 3.63) is 70.5 Å². The van der Waals surface area contributed by atoms with Gasteiger partial charge < -0.3 is 5.73 Å². The third-order valence-corrected chi connectivity index (χ3v) is 5.41. The molecule has 0 saturated heterocycles. The van der Waals surface area contributed by atoms with Crippen molar-refractivity contribution < 1.29 is 4.79 Å². The number of carbonyl (C=O) groups excluding carboxylic acids is 1. The average molecular weight is 379 g/mol. The molecule has 0 spiro atoms. The van der Waals surface area contributed by atoms with Crippen LogP contribution in [0.25, 0.3) is 16.7 Å². The van der Waals surface area contributed by atoms with Gasteiger partial charge >= 0.3 is 0 Å². The van der Waals surface area contributed by atoms with E-state index in [0.717, 1.165) is 5.56 Å². The number of carbonyl (C=O) groups is 1. The maximum Gasteiger partial charge on any atom is 0.263 e. The summed E-state index contributed by atoms with van der Waals surface area (Å²) in [6, 6.07) is 17.0. The second-order valence-electron chi connectivity index (χ2n) is 6.17. The summed E-state index contributed by atoms with van der Waals surface area (Å²) >= 11 is 1.22. The van der Waals surface area contributed by atoms with Crippen LogP contribution in [-0.2, 0) is 11.3 Å². The van der Waals surface area contributed by atoms with Gasteiger partial charge in [-0.25, -0.2) is 0 Å². The number of nitrogens with two attached hydrogens (primary N) is 1. The summed E-state index contributed by atoms with van der Waals surface area (Å²) in [5.74, 6) is 0.000358. The van der Waals surface area contributed by atoms with Crippen molar-refractivity contribution >= 4 is 34.3 Å². The Labute approximate surface area is 158 Å². The molecule has 0 unspecified atom stereocenters. The van der Waals surface area contributed by atoms with Crippen LogP contribution in [0.1, 0.15) is 12.5 Å². The van der Waals surface area contributed by atoms with Gasteiger partial charge in [0.05, 0.1) is 22.7 Å². The minimum absolute atomic E-state index is 0.131. The van der Waals surface area contributed by atoms with Gasteiger partial charge in [-0.15, -0.1) is 10.2 Å². The molecule has 4 aromatic rings. The smallest absolute Gasteiger partial charge is 0.263 e. The summed E-state index contributed by atoms with van der Waals surface area (Å²) in [5, 5.41) is 9.08. The van der Waals surface area contributed by atoms with Crippen molar-refractivity contribution in [1.29, 1.82) is 0 Å². The molecule has 0 aliphatic carbocycles. The fraction of sp³-hybridized carbons (Fsp3) is 0.158. The maximum absolute atomic E-state index is 13.1. The van der Waals surface area contributed by atoms with E-state index in [0.29, 0.717) is 28.4 Å². The Balaban J connectivity index is 1.97. The van der Waals surface area contributed by atoms with E-state index in [9.17, 15) is 9.59 Å². The third kappa shape index (κ3) is 3.08. The molecule has 0 aliphatic heterocycles. The molecule has 2 aromatic carbocycles. The number of nitrogens with zero attached hydrogens (tertiary/aromatic N) is 4. The monoisotopic (exact) mass is 379 g/mol. The van der Waals surface area contributed by atoms with Crippen LogP contribution in [0.2, 0.25) is 0 Å². The molecular formula is C19H17N5O2S. The highest BCUT2D eigenvalue weighted by atomic mass is 32.2. The number of benzene rings is 2. The summed E-state index contributed by atoms with van der Waals surface area (Å²) < 4.78 is 3.41. The van der Waals surface area contributed by atoms with Crippen molar-refractivity contribution in [2.24, 2.45) is 5.73 Å². The molecule has 2 heterocycles. The van der Waals surface area contributed by atoms with Crippen molar-refractivity contribution in [1.82, 2.24) is 19.2 Å². The maximum atomic E-state index is 13.1. The second kappa shape index (κ2) is 6.88. The summed E-state index contributed by atoms with van der Waals surface area (Å²) in [6.07, 6.45) is 0. The molecule has 1 atom stereocenters. The summed E-state index contributed by atoms with van der Waals surface area (Å²) in [6.45, 7) is 2.10. The Morgan fingerprint density at radius 1 is 1.11 bits per heavy atom. The van der Waals surface area contributed by atoms with Crippen LogP contribution in [0, 0.1) is 0 Å². The quantitative estimate of drug-likeness (QED) is 0.536. The second-order valence-corrected chi connectivity index (χ2v) is 7.48. The minimum Gasteiger partial charge on any atom is -0.369 e. The largest absolute Gasteiger partial charge is 0.369 e. The Morgan fingerprint density at radius 3 is 2.56 bits per heavy atom. The van der Waals surface area contributed by atoms with Crippen LogP contribution in [0.3, 0.4) is 0 Å².